The van der Waals surface area contributed by atoms with Crippen LogP contribution in [-0.2, 0) is 28.1 Å². The van der Waals surface area contributed by atoms with E-state index >= 15 is 0 Å². The van der Waals surface area contributed by atoms with Crippen molar-refractivity contribution in [1.29, 1.82) is 0 Å². The van der Waals surface area contributed by atoms with E-state index in [9.17, 15) is 9.59 Å². The molecule has 3 saturated heterocycles. The minimum absolute atomic E-state index is 0. The van der Waals surface area contributed by atoms with Gasteiger partial charge in [-0.2, -0.15) is 6.92 Å². The zero-order chi connectivity index (χ0) is 50.3. The average Bonchev–Trinajstić information content (AvgIpc) is 3.19. The molecule has 3 aromatic rings. The molecular weight excluding hydrogens is 1660 g/mol. The van der Waals surface area contributed by atoms with Crippen LogP contribution in [0.15, 0.2) is 55.0 Å². The first-order valence-electron chi connectivity index (χ1n) is 21.7. The summed E-state index contributed by atoms with van der Waals surface area (Å²) in [5, 5.41) is 6.10. The molecule has 1 radical (unpaired) electrons. The van der Waals surface area contributed by atoms with Crippen LogP contribution in [0.3, 0.4) is 0 Å². The van der Waals surface area contributed by atoms with Crippen molar-refractivity contribution in [3.8, 4) is 0 Å². The van der Waals surface area contributed by atoms with Gasteiger partial charge in [0.05, 0.1) is 1.93 Å². The van der Waals surface area contributed by atoms with Gasteiger partial charge in [0.25, 0.3) is 0 Å². The van der Waals surface area contributed by atoms with Gasteiger partial charge in [-0.1, -0.05) is 149 Å². The van der Waals surface area contributed by atoms with Gasteiger partial charge < -0.3 is 54.5 Å². The van der Waals surface area contributed by atoms with Gasteiger partial charge in [0.15, 0.2) is 0 Å². The standard InChI is InChI=1S/C13H19N3O.C12H19N3.C7H14N2O.C7H9N.C2H3I3.C2H4I2.C2H5I.C2H4I.V/c1-11-3-6-14-12(9-11)16-7-4-13(2,5-8-16)15-10-17;1-10-3-6-14-11(9-10)15-7-4-12(2,13)5-8-15;1-7(6(8)10)2-4-9-5-3-7;1-6-3-4-8-7(2)5-6;1-2(3,4)5;1-2(3)4;2*1-2-3;/h3,6,9-10H,4-5,7-8H2,1-2H3,(H,15,17);3,6,9H,4-5,7-8,13H2,1-2H3;9H,2-5H2,1H3,(H2,8,10);3-5H,1-2H3;1H3;2H,1H3;2H2,1H3;2H,1H3;/q;;;;;;;-1;. The monoisotopic (exact) mass is 1740 g/mol. The topological polar surface area (TPSA) is 155 Å². The Kier molecular flexibility index (Phi) is 43.6. The molecule has 66 heavy (non-hydrogen) atoms. The quantitative estimate of drug-likeness (QED) is 0.0845. The molecule has 0 unspecified atom stereocenters. The minimum Gasteiger partial charge on any atom is -0.369 e. The maximum absolute atomic E-state index is 10.9. The van der Waals surface area contributed by atoms with E-state index in [1.54, 1.807) is 0 Å². The predicted octanol–water partition coefficient (Wildman–Crippen LogP) is 13.0. The number of nitrogens with two attached hydrogens (primary N) is 2. The van der Waals surface area contributed by atoms with E-state index in [4.69, 9.17) is 11.5 Å². The molecule has 6 N–H and O–H groups in total. The summed E-state index contributed by atoms with van der Waals surface area (Å²) in [4.78, 5) is 38.8. The molecule has 0 spiro atoms. The van der Waals surface area contributed by atoms with Crippen molar-refractivity contribution >= 4 is 182 Å². The Hall–Kier alpha value is 1.60. The van der Waals surface area contributed by atoms with E-state index < -0.39 is 0 Å². The normalized spacial score (nSPS) is 16.2. The summed E-state index contributed by atoms with van der Waals surface area (Å²) in [6.45, 7) is 28.5. The number of hydrogen-bond donors (Lipinski definition) is 4. The summed E-state index contributed by atoms with van der Waals surface area (Å²) in [5.74, 6) is 1.97. The number of piperidine rings is 3. The van der Waals surface area contributed by atoms with Crippen LogP contribution in [0.25, 0.3) is 0 Å². The first-order chi connectivity index (χ1) is 30.2. The number of nitrogens with zero attached hydrogens (tertiary/aromatic N) is 5. The maximum atomic E-state index is 10.9. The fourth-order valence-corrected chi connectivity index (χ4v) is 6.06. The number of aromatic nitrogens is 3. The molecule has 6 rings (SSSR count). The van der Waals surface area contributed by atoms with Crippen LogP contribution in [-0.4, -0.2) is 83.4 Å². The van der Waals surface area contributed by atoms with E-state index in [-0.39, 0.29) is 41.0 Å². The largest absolute Gasteiger partial charge is 0.369 e. The zero-order valence-electron chi connectivity index (χ0n) is 40.9. The third kappa shape index (κ3) is 39.2. The van der Waals surface area contributed by atoms with Crippen LogP contribution in [0.2, 0.25) is 0 Å². The van der Waals surface area contributed by atoms with E-state index in [0.29, 0.717) is -0.565 Å². The Morgan fingerprint density at radius 1 is 0.833 bits per heavy atom. The molecule has 3 aromatic heterocycles. The number of aryl methyl sites for hydroxylation is 4. The molecule has 0 saturated carbocycles. The molecule has 3 aliphatic heterocycles. The number of nitrogens with one attached hydrogen (secondary N) is 2. The van der Waals surface area contributed by atoms with Crippen molar-refractivity contribution in [3.05, 3.63) is 81.8 Å². The van der Waals surface area contributed by atoms with Gasteiger partial charge in [0, 0.05) is 85.5 Å². The number of hydrogen-bond acceptors (Lipinski definition) is 9. The van der Waals surface area contributed by atoms with Gasteiger partial charge in [-0.25, -0.2) is 9.97 Å². The average molecular weight is 1740 g/mol. The van der Waals surface area contributed by atoms with Gasteiger partial charge in [-0.15, -0.1) is 0 Å². The third-order valence-corrected chi connectivity index (χ3v) is 9.98. The summed E-state index contributed by atoms with van der Waals surface area (Å²) in [6.07, 6.45) is 12.1. The first kappa shape index (κ1) is 71.9. The third-order valence-electron chi connectivity index (χ3n) is 9.98. The fourth-order valence-electron chi connectivity index (χ4n) is 6.06. The smallest absolute Gasteiger partial charge is 0.223 e. The van der Waals surface area contributed by atoms with Gasteiger partial charge in [0.2, 0.25) is 12.3 Å². The van der Waals surface area contributed by atoms with Crippen LogP contribution in [0.1, 0.15) is 109 Å². The molecule has 11 nitrogen and oxygen atoms in total. The van der Waals surface area contributed by atoms with Crippen LogP contribution in [0.5, 0.6) is 0 Å². The molecule has 0 aliphatic carbocycles. The zero-order valence-corrected chi connectivity index (χ0v) is 57.4. The second-order valence-corrected chi connectivity index (χ2v) is 38.3. The van der Waals surface area contributed by atoms with Crippen molar-refractivity contribution in [2.24, 2.45) is 16.9 Å². The van der Waals surface area contributed by atoms with Crippen molar-refractivity contribution < 1.29 is 28.1 Å². The molecular formula is C47H77I7N9O2V-. The molecule has 2 amide bonds. The number of alkyl halides is 6. The van der Waals surface area contributed by atoms with Crippen LogP contribution >= 0.6 is 158 Å². The Balaban J connectivity index is -0.000000740. The summed E-state index contributed by atoms with van der Waals surface area (Å²) in [7, 11) is 0. The van der Waals surface area contributed by atoms with Gasteiger partial charge in [0.1, 0.15) is 11.1 Å². The summed E-state index contributed by atoms with van der Waals surface area (Å²) < 4.78 is 4.37. The fraction of sp³-hybridized carbons (Fsp3) is 0.617. The van der Waals surface area contributed by atoms with E-state index in [0.717, 1.165) is 103 Å². The number of rotatable bonds is 5. The Morgan fingerprint density at radius 3 is 1.44 bits per heavy atom. The van der Waals surface area contributed by atoms with Crippen LogP contribution in [0.4, 0.5) is 11.6 Å². The minimum atomic E-state index is -0.245. The predicted molar refractivity (Wildman–Crippen MR) is 341 cm³/mol. The van der Waals surface area contributed by atoms with Crippen LogP contribution in [0, 0.1) is 37.5 Å². The van der Waals surface area contributed by atoms with Crippen molar-refractivity contribution in [2.75, 3.05) is 53.5 Å². The summed E-state index contributed by atoms with van der Waals surface area (Å²) in [6, 6.07) is 12.3. The molecule has 3 aliphatic rings. The van der Waals surface area contributed by atoms with Crippen molar-refractivity contribution in [1.82, 2.24) is 25.6 Å². The molecule has 19 heteroatoms. The summed E-state index contributed by atoms with van der Waals surface area (Å²) in [5.41, 5.74) is 15.9. The molecule has 0 bridgehead atoms. The second kappa shape index (κ2) is 40.0. The molecule has 6 heterocycles. The number of primary amides is 1. The summed E-state index contributed by atoms with van der Waals surface area (Å²) >= 11 is 16.2. The van der Waals surface area contributed by atoms with E-state index in [2.05, 4.69) is 267 Å². The van der Waals surface area contributed by atoms with Crippen molar-refractivity contribution in [2.45, 2.75) is 127 Å². The number of pyridine rings is 3. The Labute approximate surface area is 507 Å². The number of halogens is 7. The molecule has 0 atom stereocenters. The maximum Gasteiger partial charge on any atom is 0.223 e. The van der Waals surface area contributed by atoms with E-state index in [1.807, 2.05) is 62.0 Å². The van der Waals surface area contributed by atoms with Crippen LogP contribution < -0.4 is 31.9 Å². The van der Waals surface area contributed by atoms with Gasteiger partial charge >= 0.3 is 0 Å². The number of amides is 2. The Morgan fingerprint density at radius 2 is 1.17 bits per heavy atom. The van der Waals surface area contributed by atoms with Gasteiger partial charge in [-0.05, 0) is 165 Å². The number of carbonyl (C=O) groups excluding carboxylic acids is 2. The van der Waals surface area contributed by atoms with Crippen molar-refractivity contribution in [3.63, 3.8) is 0 Å². The molecule has 3 fully saturated rings. The number of carbonyl (C=O) groups is 2. The SMILES string of the molecule is CC(I)(I)I.CC(I)I.CC1(C(N)=O)CCNCC1.CCI.C[CH-]I.Cc1ccnc(C)c1.Cc1ccnc(N2CCC(C)(N)CC2)c1.Cc1ccnc(N2CCC(C)(NC=O)CC2)c1.[V]. The Bertz CT molecular complexity index is 1670. The van der Waals surface area contributed by atoms with Gasteiger partial charge in [-0.3, -0.25) is 19.0 Å². The number of anilines is 2. The second-order valence-electron chi connectivity index (χ2n) is 16.8. The molecule has 377 valence electrons. The first-order valence-corrected chi connectivity index (χ1v) is 30.2. The van der Waals surface area contributed by atoms with E-state index in [1.165, 1.54) is 21.1 Å². The molecule has 0 aromatic carbocycles.